The number of hydrogen-bond acceptors (Lipinski definition) is 4. The molecule has 0 unspecified atom stereocenters. The van der Waals surface area contributed by atoms with E-state index in [1.54, 1.807) is 0 Å². The van der Waals surface area contributed by atoms with Crippen LogP contribution in [0.1, 0.15) is 39.2 Å². The van der Waals surface area contributed by atoms with Crippen LogP contribution < -0.4 is 10.1 Å². The normalized spacial score (nSPS) is 10.6. The van der Waals surface area contributed by atoms with E-state index in [-0.39, 0.29) is 12.6 Å². The Kier molecular flexibility index (Phi) is 7.73. The van der Waals surface area contributed by atoms with E-state index < -0.39 is 0 Å². The van der Waals surface area contributed by atoms with Gasteiger partial charge < -0.3 is 14.8 Å². The highest BCUT2D eigenvalue weighted by Crippen LogP contribution is 2.17. The van der Waals surface area contributed by atoms with Crippen LogP contribution in [0.5, 0.6) is 5.75 Å². The van der Waals surface area contributed by atoms with Crippen LogP contribution >= 0.6 is 0 Å². The second-order valence-electron chi connectivity index (χ2n) is 5.01. The molecule has 0 saturated heterocycles. The molecule has 0 atom stereocenters. The number of carbonyl (C=O) groups is 1. The number of hydrogen-bond donors (Lipinski definition) is 1. The lowest BCUT2D eigenvalue weighted by molar-refractivity contribution is -0.146. The van der Waals surface area contributed by atoms with Gasteiger partial charge in [-0.3, -0.25) is 0 Å². The van der Waals surface area contributed by atoms with Crippen molar-refractivity contribution in [2.24, 2.45) is 0 Å². The quantitative estimate of drug-likeness (QED) is 0.558. The molecule has 4 heteroatoms. The summed E-state index contributed by atoms with van der Waals surface area (Å²) in [6.45, 7) is 7.39. The van der Waals surface area contributed by atoms with E-state index in [2.05, 4.69) is 26.1 Å². The average molecular weight is 279 g/mol. The number of carbonyl (C=O) groups excluding carboxylic acids is 1. The van der Waals surface area contributed by atoms with Crippen molar-refractivity contribution >= 4 is 5.97 Å². The van der Waals surface area contributed by atoms with Gasteiger partial charge in [0.2, 0.25) is 0 Å². The molecule has 0 aliphatic carbocycles. The minimum absolute atomic E-state index is 0.0393. The zero-order chi connectivity index (χ0) is 14.8. The second kappa shape index (κ2) is 9.37. The van der Waals surface area contributed by atoms with E-state index in [1.807, 2.05) is 24.3 Å². The summed E-state index contributed by atoms with van der Waals surface area (Å²) in [5, 5.41) is 3.34. The SMILES string of the molecule is CCCCOC(=O)COc1ccccc1CNC(C)C. The third kappa shape index (κ3) is 6.57. The summed E-state index contributed by atoms with van der Waals surface area (Å²) in [7, 11) is 0. The van der Waals surface area contributed by atoms with Crippen molar-refractivity contribution in [3.8, 4) is 5.75 Å². The Hall–Kier alpha value is -1.55. The minimum Gasteiger partial charge on any atom is -0.482 e. The van der Waals surface area contributed by atoms with Crippen molar-refractivity contribution in [1.29, 1.82) is 0 Å². The summed E-state index contributed by atoms with van der Waals surface area (Å²) in [6.07, 6.45) is 1.90. The van der Waals surface area contributed by atoms with E-state index in [9.17, 15) is 4.79 Å². The van der Waals surface area contributed by atoms with Gasteiger partial charge in [-0.1, -0.05) is 45.4 Å². The molecule has 0 radical (unpaired) electrons. The molecular formula is C16H25NO3. The van der Waals surface area contributed by atoms with Crippen molar-refractivity contribution in [3.05, 3.63) is 29.8 Å². The second-order valence-corrected chi connectivity index (χ2v) is 5.01. The molecule has 0 fully saturated rings. The van der Waals surface area contributed by atoms with Crippen molar-refractivity contribution < 1.29 is 14.3 Å². The van der Waals surface area contributed by atoms with Crippen molar-refractivity contribution in [2.75, 3.05) is 13.2 Å². The van der Waals surface area contributed by atoms with Gasteiger partial charge in [0.1, 0.15) is 5.75 Å². The number of esters is 1. The number of para-hydroxylation sites is 1. The van der Waals surface area contributed by atoms with Gasteiger partial charge in [-0.15, -0.1) is 0 Å². The molecule has 0 saturated carbocycles. The molecule has 1 aromatic carbocycles. The van der Waals surface area contributed by atoms with Crippen LogP contribution in [0, 0.1) is 0 Å². The van der Waals surface area contributed by atoms with Crippen LogP contribution in [0.25, 0.3) is 0 Å². The topological polar surface area (TPSA) is 47.6 Å². The van der Waals surface area contributed by atoms with Crippen molar-refractivity contribution in [3.63, 3.8) is 0 Å². The fourth-order valence-corrected chi connectivity index (χ4v) is 1.61. The molecule has 0 aliphatic rings. The number of nitrogens with one attached hydrogen (secondary N) is 1. The maximum Gasteiger partial charge on any atom is 0.344 e. The molecule has 0 bridgehead atoms. The lowest BCUT2D eigenvalue weighted by Crippen LogP contribution is -2.22. The Bertz CT molecular complexity index is 404. The smallest absolute Gasteiger partial charge is 0.344 e. The minimum atomic E-state index is -0.315. The summed E-state index contributed by atoms with van der Waals surface area (Å²) >= 11 is 0. The predicted molar refractivity (Wildman–Crippen MR) is 79.8 cm³/mol. The van der Waals surface area contributed by atoms with Gasteiger partial charge in [-0.2, -0.15) is 0 Å². The molecule has 1 rings (SSSR count). The lowest BCUT2D eigenvalue weighted by atomic mass is 10.2. The Morgan fingerprint density at radius 2 is 2.05 bits per heavy atom. The molecule has 20 heavy (non-hydrogen) atoms. The fraction of sp³-hybridized carbons (Fsp3) is 0.562. The fourth-order valence-electron chi connectivity index (χ4n) is 1.61. The van der Waals surface area contributed by atoms with Crippen LogP contribution in [-0.2, 0) is 16.1 Å². The summed E-state index contributed by atoms with van der Waals surface area (Å²) in [4.78, 5) is 11.5. The summed E-state index contributed by atoms with van der Waals surface area (Å²) in [5.41, 5.74) is 1.04. The average Bonchev–Trinajstić information content (AvgIpc) is 2.44. The van der Waals surface area contributed by atoms with Crippen molar-refractivity contribution in [2.45, 2.75) is 46.2 Å². The molecule has 0 aliphatic heterocycles. The first-order chi connectivity index (χ1) is 9.63. The van der Waals surface area contributed by atoms with Gasteiger partial charge in [0.25, 0.3) is 0 Å². The summed E-state index contributed by atoms with van der Waals surface area (Å²) in [6, 6.07) is 8.13. The lowest BCUT2D eigenvalue weighted by Gasteiger charge is -2.13. The van der Waals surface area contributed by atoms with Crippen LogP contribution in [0.15, 0.2) is 24.3 Å². The van der Waals surface area contributed by atoms with Crippen LogP contribution in [0.2, 0.25) is 0 Å². The molecule has 0 amide bonds. The van der Waals surface area contributed by atoms with Gasteiger partial charge in [-0.05, 0) is 12.5 Å². The molecule has 0 spiro atoms. The molecule has 0 heterocycles. The number of benzene rings is 1. The third-order valence-corrected chi connectivity index (χ3v) is 2.78. The molecule has 1 aromatic rings. The predicted octanol–water partition coefficient (Wildman–Crippen LogP) is 2.91. The summed E-state index contributed by atoms with van der Waals surface area (Å²) < 4.78 is 10.6. The molecule has 1 N–H and O–H groups in total. The maximum atomic E-state index is 11.5. The van der Waals surface area contributed by atoms with Gasteiger partial charge in [0.05, 0.1) is 6.61 Å². The Labute approximate surface area is 121 Å². The first-order valence-electron chi connectivity index (χ1n) is 7.23. The Morgan fingerprint density at radius 1 is 1.30 bits per heavy atom. The van der Waals surface area contributed by atoms with Crippen LogP contribution in [0.4, 0.5) is 0 Å². The summed E-state index contributed by atoms with van der Waals surface area (Å²) in [5.74, 6) is 0.415. The standard InChI is InChI=1S/C16H25NO3/c1-4-5-10-19-16(18)12-20-15-9-7-6-8-14(15)11-17-13(2)3/h6-9,13,17H,4-5,10-12H2,1-3H3. The third-order valence-electron chi connectivity index (χ3n) is 2.78. The number of ether oxygens (including phenoxy) is 2. The zero-order valence-electron chi connectivity index (χ0n) is 12.6. The molecule has 112 valence electrons. The van der Waals surface area contributed by atoms with Gasteiger partial charge >= 0.3 is 5.97 Å². The molecular weight excluding hydrogens is 254 g/mol. The van der Waals surface area contributed by atoms with E-state index in [0.717, 1.165) is 30.7 Å². The van der Waals surface area contributed by atoms with E-state index in [1.165, 1.54) is 0 Å². The first-order valence-corrected chi connectivity index (χ1v) is 7.23. The zero-order valence-corrected chi connectivity index (χ0v) is 12.6. The molecule has 0 aromatic heterocycles. The van der Waals surface area contributed by atoms with E-state index in [4.69, 9.17) is 9.47 Å². The number of rotatable bonds is 9. The Balaban J connectivity index is 2.44. The Morgan fingerprint density at radius 3 is 2.75 bits per heavy atom. The van der Waals surface area contributed by atoms with Gasteiger partial charge in [0.15, 0.2) is 6.61 Å². The maximum absolute atomic E-state index is 11.5. The van der Waals surface area contributed by atoms with E-state index >= 15 is 0 Å². The highest BCUT2D eigenvalue weighted by molar-refractivity contribution is 5.71. The molecule has 4 nitrogen and oxygen atoms in total. The van der Waals surface area contributed by atoms with Crippen molar-refractivity contribution in [1.82, 2.24) is 5.32 Å². The van der Waals surface area contributed by atoms with Crippen LogP contribution in [0.3, 0.4) is 0 Å². The monoisotopic (exact) mass is 279 g/mol. The van der Waals surface area contributed by atoms with E-state index in [0.29, 0.717) is 12.6 Å². The van der Waals surface area contributed by atoms with Gasteiger partial charge in [-0.25, -0.2) is 4.79 Å². The largest absolute Gasteiger partial charge is 0.482 e. The highest BCUT2D eigenvalue weighted by atomic mass is 16.6. The number of unbranched alkanes of at least 4 members (excludes halogenated alkanes) is 1. The first kappa shape index (κ1) is 16.5. The van der Waals surface area contributed by atoms with Gasteiger partial charge in [0, 0.05) is 18.2 Å². The highest BCUT2D eigenvalue weighted by Gasteiger charge is 2.07. The van der Waals surface area contributed by atoms with Crippen LogP contribution in [-0.4, -0.2) is 25.2 Å².